The van der Waals surface area contributed by atoms with Crippen LogP contribution in [0.4, 0.5) is 0 Å². The SMILES string of the molecule is COC(=O)C1(OC(=O)CC[C@@H]2N=C(c3ccccn3)c3cc(Cl)c(C)cc3-n3c(C)cnc32)CC1. The van der Waals surface area contributed by atoms with Gasteiger partial charge in [-0.3, -0.25) is 19.3 Å². The number of aliphatic imine (C=N–C) groups is 1. The third kappa shape index (κ3) is 4.23. The molecule has 3 heterocycles. The summed E-state index contributed by atoms with van der Waals surface area (Å²) < 4.78 is 12.4. The van der Waals surface area contributed by atoms with E-state index >= 15 is 0 Å². The number of imidazole rings is 1. The van der Waals surface area contributed by atoms with Crippen LogP contribution in [0.5, 0.6) is 0 Å². The number of fused-ring (bicyclic) bond motifs is 3. The van der Waals surface area contributed by atoms with E-state index in [0.29, 0.717) is 35.7 Å². The van der Waals surface area contributed by atoms with Crippen LogP contribution in [0.25, 0.3) is 5.69 Å². The molecule has 2 aromatic heterocycles. The van der Waals surface area contributed by atoms with Crippen LogP contribution in [0.3, 0.4) is 0 Å². The molecule has 5 rings (SSSR count). The maximum atomic E-state index is 12.7. The van der Waals surface area contributed by atoms with E-state index in [-0.39, 0.29) is 6.42 Å². The van der Waals surface area contributed by atoms with Crippen molar-refractivity contribution in [3.8, 4) is 5.69 Å². The number of rotatable bonds is 6. The Bertz CT molecular complexity index is 1340. The number of esters is 2. The van der Waals surface area contributed by atoms with Crippen LogP contribution in [0.15, 0.2) is 47.7 Å². The summed E-state index contributed by atoms with van der Waals surface area (Å²) in [5, 5.41) is 0.631. The number of nitrogens with zero attached hydrogens (tertiary/aromatic N) is 4. The molecule has 1 saturated carbocycles. The minimum Gasteiger partial charge on any atom is -0.466 e. The third-order valence-corrected chi connectivity index (χ3v) is 6.83. The monoisotopic (exact) mass is 492 g/mol. The number of methoxy groups -OCH3 is 1. The van der Waals surface area contributed by atoms with Gasteiger partial charge in [-0.1, -0.05) is 17.7 Å². The fourth-order valence-corrected chi connectivity index (χ4v) is 4.56. The second-order valence-electron chi connectivity index (χ2n) is 8.92. The minimum absolute atomic E-state index is 0.0739. The molecular formula is C26H25ClN4O4. The van der Waals surface area contributed by atoms with Crippen molar-refractivity contribution in [2.75, 3.05) is 7.11 Å². The van der Waals surface area contributed by atoms with E-state index in [1.54, 1.807) is 12.4 Å². The maximum absolute atomic E-state index is 12.7. The van der Waals surface area contributed by atoms with Gasteiger partial charge in [0.1, 0.15) is 11.9 Å². The summed E-state index contributed by atoms with van der Waals surface area (Å²) in [4.78, 5) is 38.9. The van der Waals surface area contributed by atoms with Crippen molar-refractivity contribution in [2.45, 2.75) is 51.2 Å². The van der Waals surface area contributed by atoms with Gasteiger partial charge in [0.25, 0.3) is 0 Å². The van der Waals surface area contributed by atoms with Crippen LogP contribution in [0.1, 0.15) is 60.1 Å². The molecule has 0 radical (unpaired) electrons. The highest BCUT2D eigenvalue weighted by Crippen LogP contribution is 2.41. The summed E-state index contributed by atoms with van der Waals surface area (Å²) in [6.45, 7) is 3.94. The Morgan fingerprint density at radius 2 is 2.00 bits per heavy atom. The first kappa shape index (κ1) is 23.2. The number of carbonyl (C=O) groups excluding carboxylic acids is 2. The van der Waals surface area contributed by atoms with Crippen molar-refractivity contribution in [3.05, 3.63) is 76.1 Å². The highest BCUT2D eigenvalue weighted by atomic mass is 35.5. The van der Waals surface area contributed by atoms with Gasteiger partial charge >= 0.3 is 11.9 Å². The lowest BCUT2D eigenvalue weighted by Gasteiger charge is -2.16. The van der Waals surface area contributed by atoms with Gasteiger partial charge in [0.05, 0.1) is 24.2 Å². The number of halogens is 1. The van der Waals surface area contributed by atoms with Crippen molar-refractivity contribution in [2.24, 2.45) is 4.99 Å². The first-order chi connectivity index (χ1) is 16.8. The molecule has 0 N–H and O–H groups in total. The molecule has 0 spiro atoms. The Kier molecular flexibility index (Phi) is 5.92. The molecule has 0 saturated heterocycles. The number of aryl methyl sites for hydroxylation is 2. The van der Waals surface area contributed by atoms with E-state index in [2.05, 4.69) is 14.5 Å². The zero-order valence-electron chi connectivity index (χ0n) is 19.7. The maximum Gasteiger partial charge on any atom is 0.350 e. The summed E-state index contributed by atoms with van der Waals surface area (Å²) in [5.74, 6) is -0.249. The minimum atomic E-state index is -1.13. The first-order valence-corrected chi connectivity index (χ1v) is 11.9. The van der Waals surface area contributed by atoms with Crippen molar-refractivity contribution in [1.82, 2.24) is 14.5 Å². The molecule has 9 heteroatoms. The average Bonchev–Trinajstić information content (AvgIpc) is 3.56. The van der Waals surface area contributed by atoms with Crippen LogP contribution < -0.4 is 0 Å². The average molecular weight is 493 g/mol. The lowest BCUT2D eigenvalue weighted by molar-refractivity contribution is -0.169. The first-order valence-electron chi connectivity index (χ1n) is 11.5. The van der Waals surface area contributed by atoms with E-state index in [1.807, 2.05) is 44.2 Å². The van der Waals surface area contributed by atoms with Crippen LogP contribution in [-0.4, -0.2) is 44.9 Å². The summed E-state index contributed by atoms with van der Waals surface area (Å²) in [7, 11) is 1.30. The molecule has 0 unspecified atom stereocenters. The molecule has 2 aliphatic rings. The van der Waals surface area contributed by atoms with Gasteiger partial charge < -0.3 is 9.47 Å². The lowest BCUT2D eigenvalue weighted by Crippen LogP contribution is -2.30. The van der Waals surface area contributed by atoms with Crippen molar-refractivity contribution >= 4 is 29.3 Å². The Hall–Kier alpha value is -3.52. The topological polar surface area (TPSA) is 95.7 Å². The van der Waals surface area contributed by atoms with Gasteiger partial charge in [-0.15, -0.1) is 0 Å². The highest BCUT2D eigenvalue weighted by Gasteiger charge is 2.55. The van der Waals surface area contributed by atoms with Crippen LogP contribution in [-0.2, 0) is 19.1 Å². The molecule has 0 bridgehead atoms. The van der Waals surface area contributed by atoms with Gasteiger partial charge in [-0.25, -0.2) is 9.78 Å². The largest absolute Gasteiger partial charge is 0.466 e. The predicted molar refractivity (Wildman–Crippen MR) is 130 cm³/mol. The summed E-state index contributed by atoms with van der Waals surface area (Å²) in [6, 6.07) is 9.15. The molecule has 35 heavy (non-hydrogen) atoms. The summed E-state index contributed by atoms with van der Waals surface area (Å²) in [5.41, 5.74) is 3.88. The number of pyridine rings is 1. The smallest absolute Gasteiger partial charge is 0.350 e. The molecule has 1 aliphatic heterocycles. The quantitative estimate of drug-likeness (QED) is 0.471. The summed E-state index contributed by atoms with van der Waals surface area (Å²) >= 11 is 6.54. The molecule has 8 nitrogen and oxygen atoms in total. The van der Waals surface area contributed by atoms with E-state index in [9.17, 15) is 9.59 Å². The Morgan fingerprint density at radius 3 is 2.69 bits per heavy atom. The molecule has 1 aliphatic carbocycles. The van der Waals surface area contributed by atoms with Gasteiger partial charge in [-0.2, -0.15) is 0 Å². The Balaban J connectivity index is 1.53. The van der Waals surface area contributed by atoms with Crippen LogP contribution in [0, 0.1) is 13.8 Å². The van der Waals surface area contributed by atoms with Gasteiger partial charge in [0.2, 0.25) is 5.60 Å². The number of benzene rings is 1. The fraction of sp³-hybridized carbons (Fsp3) is 0.346. The van der Waals surface area contributed by atoms with Gasteiger partial charge in [-0.05, 0) is 50.1 Å². The van der Waals surface area contributed by atoms with Crippen molar-refractivity contribution < 1.29 is 19.1 Å². The van der Waals surface area contributed by atoms with Gasteiger partial charge in [0, 0.05) is 47.9 Å². The highest BCUT2D eigenvalue weighted by molar-refractivity contribution is 6.32. The molecular weight excluding hydrogens is 468 g/mol. The van der Waals surface area contributed by atoms with E-state index in [0.717, 1.165) is 28.3 Å². The standard InChI is InChI=1S/C26H25ClN4O4/c1-15-12-21-17(13-18(15)27)23(19-6-4-5-11-28-19)30-20(24-29-14-16(2)31(21)24)7-8-22(32)35-26(9-10-26)25(33)34-3/h4-6,11-14,20H,7-10H2,1-3H3/t20-/m0/s1. The van der Waals surface area contributed by atoms with E-state index in [4.69, 9.17) is 26.1 Å². The van der Waals surface area contributed by atoms with Gasteiger partial charge in [0.15, 0.2) is 0 Å². The second kappa shape index (κ2) is 8.92. The summed E-state index contributed by atoms with van der Waals surface area (Å²) in [6.07, 6.45) is 4.90. The molecule has 0 amide bonds. The Labute approximate surface area is 208 Å². The number of hydrogen-bond acceptors (Lipinski definition) is 7. The zero-order valence-corrected chi connectivity index (χ0v) is 20.5. The molecule has 1 aromatic carbocycles. The van der Waals surface area contributed by atoms with Crippen molar-refractivity contribution in [1.29, 1.82) is 0 Å². The lowest BCUT2D eigenvalue weighted by atomic mass is 10.0. The van der Waals surface area contributed by atoms with E-state index in [1.165, 1.54) is 7.11 Å². The predicted octanol–water partition coefficient (Wildman–Crippen LogP) is 4.46. The fourth-order valence-electron chi connectivity index (χ4n) is 4.40. The normalized spacial score (nSPS) is 17.5. The second-order valence-corrected chi connectivity index (χ2v) is 9.33. The molecule has 180 valence electrons. The van der Waals surface area contributed by atoms with E-state index < -0.39 is 23.6 Å². The number of aromatic nitrogens is 3. The molecule has 1 fully saturated rings. The zero-order chi connectivity index (χ0) is 24.7. The number of hydrogen-bond donors (Lipinski definition) is 0. The third-order valence-electron chi connectivity index (χ3n) is 6.42. The molecule has 3 aromatic rings. The van der Waals surface area contributed by atoms with Crippen LogP contribution >= 0.6 is 11.6 Å². The molecule has 1 atom stereocenters. The number of ether oxygens (including phenoxy) is 2. The number of carbonyl (C=O) groups is 2. The Morgan fingerprint density at radius 1 is 1.20 bits per heavy atom. The van der Waals surface area contributed by atoms with Crippen molar-refractivity contribution in [3.63, 3.8) is 0 Å². The van der Waals surface area contributed by atoms with Crippen LogP contribution in [0.2, 0.25) is 5.02 Å².